The molecule has 1 aliphatic carbocycles. The van der Waals surface area contributed by atoms with E-state index in [1.807, 2.05) is 6.92 Å². The van der Waals surface area contributed by atoms with E-state index < -0.39 is 0 Å². The molecule has 0 spiro atoms. The molecule has 0 fully saturated rings. The number of hydrogen-bond acceptors (Lipinski definition) is 3. The Morgan fingerprint density at radius 3 is 2.64 bits per heavy atom. The predicted octanol–water partition coefficient (Wildman–Crippen LogP) is 5.55. The zero-order chi connectivity index (χ0) is 20.5. The Labute approximate surface area is 175 Å². The smallest absolute Gasteiger partial charge is 0.256 e. The standard InChI is InChI=1S/C22H27ClN2O2S/c1-5-24-20(27)18-16-10-9-14(22(2,3)4)12-17(16)28-21(18)25-19(26)13-7-6-8-15(23)11-13/h6-8,11,14H,5,9-10,12H2,1-4H3,(H,24,27)(H,25,26)/t14-/m0/s1. The normalized spacial score (nSPS) is 16.4. The summed E-state index contributed by atoms with van der Waals surface area (Å²) in [5.41, 5.74) is 2.42. The Morgan fingerprint density at radius 2 is 2.00 bits per heavy atom. The molecule has 2 aromatic rings. The monoisotopic (exact) mass is 418 g/mol. The van der Waals surface area contributed by atoms with Crippen LogP contribution < -0.4 is 10.6 Å². The van der Waals surface area contributed by atoms with Crippen molar-refractivity contribution >= 4 is 39.8 Å². The van der Waals surface area contributed by atoms with E-state index in [0.717, 1.165) is 24.8 Å². The van der Waals surface area contributed by atoms with Crippen molar-refractivity contribution in [3.8, 4) is 0 Å². The number of halogens is 1. The summed E-state index contributed by atoms with van der Waals surface area (Å²) in [5, 5.41) is 7.01. The lowest BCUT2D eigenvalue weighted by Crippen LogP contribution is -2.28. The van der Waals surface area contributed by atoms with E-state index in [-0.39, 0.29) is 17.2 Å². The fourth-order valence-corrected chi connectivity index (χ4v) is 5.22. The number of anilines is 1. The fourth-order valence-electron chi connectivity index (χ4n) is 3.71. The van der Waals surface area contributed by atoms with Gasteiger partial charge in [-0.25, -0.2) is 0 Å². The van der Waals surface area contributed by atoms with E-state index in [1.165, 1.54) is 16.2 Å². The number of thiophene rings is 1. The average molecular weight is 419 g/mol. The van der Waals surface area contributed by atoms with Crippen molar-refractivity contribution < 1.29 is 9.59 Å². The summed E-state index contributed by atoms with van der Waals surface area (Å²) in [5.74, 6) is 0.201. The van der Waals surface area contributed by atoms with Crippen molar-refractivity contribution in [2.75, 3.05) is 11.9 Å². The van der Waals surface area contributed by atoms with Crippen LogP contribution in [0.5, 0.6) is 0 Å². The number of carbonyl (C=O) groups is 2. The number of rotatable bonds is 4. The second-order valence-electron chi connectivity index (χ2n) is 8.34. The maximum atomic E-state index is 12.8. The lowest BCUT2D eigenvalue weighted by Gasteiger charge is -2.33. The molecule has 4 nitrogen and oxygen atoms in total. The molecule has 28 heavy (non-hydrogen) atoms. The highest BCUT2D eigenvalue weighted by atomic mass is 35.5. The zero-order valence-corrected chi connectivity index (χ0v) is 18.4. The van der Waals surface area contributed by atoms with Gasteiger partial charge in [-0.2, -0.15) is 0 Å². The molecule has 1 atom stereocenters. The second-order valence-corrected chi connectivity index (χ2v) is 9.88. The quantitative estimate of drug-likeness (QED) is 0.683. The molecule has 150 valence electrons. The first-order valence-corrected chi connectivity index (χ1v) is 10.9. The van der Waals surface area contributed by atoms with Crippen LogP contribution >= 0.6 is 22.9 Å². The average Bonchev–Trinajstić information content (AvgIpc) is 2.98. The Morgan fingerprint density at radius 1 is 1.25 bits per heavy atom. The molecule has 0 saturated heterocycles. The predicted molar refractivity (Wildman–Crippen MR) is 117 cm³/mol. The number of hydrogen-bond donors (Lipinski definition) is 2. The SMILES string of the molecule is CCNC(=O)c1c(NC(=O)c2cccc(Cl)c2)sc2c1CC[C@H](C(C)(C)C)C2. The van der Waals surface area contributed by atoms with E-state index in [9.17, 15) is 9.59 Å². The summed E-state index contributed by atoms with van der Waals surface area (Å²) in [6.45, 7) is 9.25. The zero-order valence-electron chi connectivity index (χ0n) is 16.8. The maximum absolute atomic E-state index is 12.8. The minimum absolute atomic E-state index is 0.115. The fraction of sp³-hybridized carbons (Fsp3) is 0.455. The first-order valence-electron chi connectivity index (χ1n) is 9.70. The third kappa shape index (κ3) is 4.41. The number of benzene rings is 1. The Hall–Kier alpha value is -1.85. The third-order valence-electron chi connectivity index (χ3n) is 5.37. The summed E-state index contributed by atoms with van der Waals surface area (Å²) in [6, 6.07) is 6.83. The Bertz CT molecular complexity index is 898. The van der Waals surface area contributed by atoms with Gasteiger partial charge in [-0.3, -0.25) is 9.59 Å². The van der Waals surface area contributed by atoms with Crippen LogP contribution in [0.3, 0.4) is 0 Å². The Balaban J connectivity index is 1.95. The minimum Gasteiger partial charge on any atom is -0.352 e. The van der Waals surface area contributed by atoms with Crippen LogP contribution in [0.1, 0.15) is 65.3 Å². The largest absolute Gasteiger partial charge is 0.352 e. The van der Waals surface area contributed by atoms with Gasteiger partial charge in [-0.15, -0.1) is 11.3 Å². The molecule has 3 rings (SSSR count). The summed E-state index contributed by atoms with van der Waals surface area (Å²) in [4.78, 5) is 26.7. The molecular weight excluding hydrogens is 392 g/mol. The molecule has 6 heteroatoms. The highest BCUT2D eigenvalue weighted by molar-refractivity contribution is 7.17. The molecule has 1 aromatic carbocycles. The van der Waals surface area contributed by atoms with Gasteiger partial charge in [0.25, 0.3) is 11.8 Å². The van der Waals surface area contributed by atoms with Gasteiger partial charge in [0.15, 0.2) is 0 Å². The highest BCUT2D eigenvalue weighted by Crippen LogP contribution is 2.44. The third-order valence-corrected chi connectivity index (χ3v) is 6.77. The Kier molecular flexibility index (Phi) is 6.15. The lowest BCUT2D eigenvalue weighted by atomic mass is 9.72. The van der Waals surface area contributed by atoms with E-state index >= 15 is 0 Å². The summed E-state index contributed by atoms with van der Waals surface area (Å²) in [6.07, 6.45) is 2.87. The highest BCUT2D eigenvalue weighted by Gasteiger charge is 2.34. The summed E-state index contributed by atoms with van der Waals surface area (Å²) < 4.78 is 0. The van der Waals surface area contributed by atoms with Crippen LogP contribution in [-0.4, -0.2) is 18.4 Å². The van der Waals surface area contributed by atoms with Crippen LogP contribution in [0, 0.1) is 11.3 Å². The first kappa shape index (κ1) is 20.9. The van der Waals surface area contributed by atoms with Crippen molar-refractivity contribution in [1.82, 2.24) is 5.32 Å². The molecule has 1 heterocycles. The minimum atomic E-state index is -0.251. The molecule has 2 N–H and O–H groups in total. The topological polar surface area (TPSA) is 58.2 Å². The van der Waals surface area contributed by atoms with Gasteiger partial charge in [0, 0.05) is 22.0 Å². The van der Waals surface area contributed by atoms with Gasteiger partial charge < -0.3 is 10.6 Å². The van der Waals surface area contributed by atoms with Gasteiger partial charge in [-0.05, 0) is 61.3 Å². The number of nitrogens with one attached hydrogen (secondary N) is 2. The molecule has 0 saturated carbocycles. The molecule has 0 unspecified atom stereocenters. The second kappa shape index (κ2) is 8.26. The first-order chi connectivity index (χ1) is 13.2. The van der Waals surface area contributed by atoms with Crippen molar-refractivity contribution in [2.24, 2.45) is 11.3 Å². The van der Waals surface area contributed by atoms with E-state index in [1.54, 1.807) is 24.3 Å². The van der Waals surface area contributed by atoms with Gasteiger partial charge in [0.1, 0.15) is 5.00 Å². The summed E-state index contributed by atoms with van der Waals surface area (Å²) in [7, 11) is 0. The molecule has 0 bridgehead atoms. The number of amides is 2. The van der Waals surface area contributed by atoms with Crippen LogP contribution in [0.4, 0.5) is 5.00 Å². The van der Waals surface area contributed by atoms with Crippen LogP contribution in [-0.2, 0) is 12.8 Å². The van der Waals surface area contributed by atoms with Crippen LogP contribution in [0.2, 0.25) is 5.02 Å². The maximum Gasteiger partial charge on any atom is 0.256 e. The molecule has 1 aromatic heterocycles. The van der Waals surface area contributed by atoms with Gasteiger partial charge in [0.2, 0.25) is 0 Å². The van der Waals surface area contributed by atoms with E-state index in [2.05, 4.69) is 31.4 Å². The van der Waals surface area contributed by atoms with Crippen LogP contribution in [0.15, 0.2) is 24.3 Å². The van der Waals surface area contributed by atoms with Gasteiger partial charge in [0.05, 0.1) is 5.56 Å². The molecule has 0 aliphatic heterocycles. The molecular formula is C22H27ClN2O2S. The van der Waals surface area contributed by atoms with Crippen molar-refractivity contribution in [3.63, 3.8) is 0 Å². The van der Waals surface area contributed by atoms with Gasteiger partial charge in [-0.1, -0.05) is 38.4 Å². The lowest BCUT2D eigenvalue weighted by molar-refractivity contribution is 0.0955. The summed E-state index contributed by atoms with van der Waals surface area (Å²) >= 11 is 7.55. The molecule has 1 aliphatic rings. The van der Waals surface area contributed by atoms with Crippen molar-refractivity contribution in [3.05, 3.63) is 50.9 Å². The molecule has 2 amide bonds. The number of carbonyl (C=O) groups excluding carboxylic acids is 2. The molecule has 0 radical (unpaired) electrons. The van der Waals surface area contributed by atoms with Crippen molar-refractivity contribution in [1.29, 1.82) is 0 Å². The van der Waals surface area contributed by atoms with E-state index in [4.69, 9.17) is 11.6 Å². The van der Waals surface area contributed by atoms with Gasteiger partial charge >= 0.3 is 0 Å². The van der Waals surface area contributed by atoms with Crippen LogP contribution in [0.25, 0.3) is 0 Å². The number of fused-ring (bicyclic) bond motifs is 1. The van der Waals surface area contributed by atoms with E-state index in [0.29, 0.717) is 33.6 Å². The van der Waals surface area contributed by atoms with Crippen molar-refractivity contribution in [2.45, 2.75) is 47.0 Å².